The van der Waals surface area contributed by atoms with Crippen molar-refractivity contribution in [2.75, 3.05) is 11.6 Å². The van der Waals surface area contributed by atoms with Gasteiger partial charge in [-0.1, -0.05) is 29.4 Å². The fraction of sp³-hybridized carbons (Fsp3) is 0.150. The number of hydrogen-bond acceptors (Lipinski definition) is 8. The average molecular weight is 444 g/mol. The Kier molecular flexibility index (Phi) is 5.85. The summed E-state index contributed by atoms with van der Waals surface area (Å²) in [4.78, 5) is 16.4. The van der Waals surface area contributed by atoms with Crippen LogP contribution in [0.4, 0.5) is 19.1 Å². The van der Waals surface area contributed by atoms with Crippen LogP contribution in [0, 0.1) is 0 Å². The lowest BCUT2D eigenvalue weighted by Crippen LogP contribution is -2.05. The van der Waals surface area contributed by atoms with E-state index in [1.807, 2.05) is 18.4 Å². The second kappa shape index (κ2) is 8.72. The minimum absolute atomic E-state index is 0.121. The molecule has 0 radical (unpaired) electrons. The minimum atomic E-state index is -4.67. The maximum Gasteiger partial charge on any atom is 0.471 e. The standard InChI is InChI=1S/C20H15F3N6OS/c1-31-16-7-6-14(11-25-16)15-8-9-24-19(27-15)26-10-12-2-4-13(5-3-12)17-28-18(30-29-17)20(21,22)23/h2-9,11H,10H2,1H3,(H,24,26,27). The quantitative estimate of drug-likeness (QED) is 0.418. The number of hydrogen-bond donors (Lipinski definition) is 1. The highest BCUT2D eigenvalue weighted by molar-refractivity contribution is 7.98. The third-order valence-electron chi connectivity index (χ3n) is 4.23. The lowest BCUT2D eigenvalue weighted by atomic mass is 10.1. The molecule has 0 saturated carbocycles. The molecule has 7 nitrogen and oxygen atoms in total. The Morgan fingerprint density at radius 1 is 0.968 bits per heavy atom. The van der Waals surface area contributed by atoms with E-state index >= 15 is 0 Å². The summed E-state index contributed by atoms with van der Waals surface area (Å²) in [6.45, 7) is 0.424. The molecule has 11 heteroatoms. The van der Waals surface area contributed by atoms with Crippen LogP contribution in [0.3, 0.4) is 0 Å². The number of rotatable bonds is 6. The van der Waals surface area contributed by atoms with Crippen LogP contribution in [-0.4, -0.2) is 31.3 Å². The molecule has 3 heterocycles. The number of anilines is 1. The highest BCUT2D eigenvalue weighted by Crippen LogP contribution is 2.29. The molecule has 0 amide bonds. The van der Waals surface area contributed by atoms with E-state index in [1.54, 1.807) is 54.5 Å². The number of benzene rings is 1. The smallest absolute Gasteiger partial charge is 0.350 e. The lowest BCUT2D eigenvalue weighted by molar-refractivity contribution is -0.159. The zero-order valence-electron chi connectivity index (χ0n) is 16.1. The highest BCUT2D eigenvalue weighted by Gasteiger charge is 2.38. The van der Waals surface area contributed by atoms with Gasteiger partial charge in [-0.3, -0.25) is 0 Å². The Balaban J connectivity index is 1.42. The summed E-state index contributed by atoms with van der Waals surface area (Å²) in [5.74, 6) is -1.05. The third kappa shape index (κ3) is 5.00. The third-order valence-corrected chi connectivity index (χ3v) is 4.89. The molecule has 4 aromatic rings. The number of halogens is 3. The molecule has 1 N–H and O–H groups in total. The van der Waals surface area contributed by atoms with E-state index in [9.17, 15) is 13.2 Å². The molecule has 0 bridgehead atoms. The molecule has 0 fully saturated rings. The summed E-state index contributed by atoms with van der Waals surface area (Å²) in [5, 5.41) is 7.43. The molecule has 0 atom stereocenters. The Bertz CT molecular complexity index is 1160. The molecule has 1 aromatic carbocycles. The summed E-state index contributed by atoms with van der Waals surface area (Å²) < 4.78 is 42.0. The van der Waals surface area contributed by atoms with Gasteiger partial charge in [0.25, 0.3) is 0 Å². The Hall–Kier alpha value is -3.47. The summed E-state index contributed by atoms with van der Waals surface area (Å²) >= 11 is 1.56. The molecule has 31 heavy (non-hydrogen) atoms. The Labute approximate surface area is 179 Å². The Morgan fingerprint density at radius 3 is 2.39 bits per heavy atom. The molecule has 0 aliphatic heterocycles. The van der Waals surface area contributed by atoms with E-state index in [-0.39, 0.29) is 5.82 Å². The molecular weight excluding hydrogens is 429 g/mol. The SMILES string of the molecule is CSc1ccc(-c2ccnc(NCc3ccc(-c4noc(C(F)(F)F)n4)cc3)n2)cn1. The second-order valence-corrected chi connectivity index (χ2v) is 7.15. The van der Waals surface area contributed by atoms with Gasteiger partial charge in [-0.05, 0) is 30.0 Å². The topological polar surface area (TPSA) is 89.6 Å². The van der Waals surface area contributed by atoms with Crippen LogP contribution in [-0.2, 0) is 12.7 Å². The second-order valence-electron chi connectivity index (χ2n) is 6.33. The van der Waals surface area contributed by atoms with Crippen LogP contribution in [0.1, 0.15) is 11.5 Å². The van der Waals surface area contributed by atoms with Gasteiger partial charge in [-0.2, -0.15) is 18.2 Å². The van der Waals surface area contributed by atoms with E-state index in [4.69, 9.17) is 0 Å². The highest BCUT2D eigenvalue weighted by atomic mass is 32.2. The van der Waals surface area contributed by atoms with Crippen molar-refractivity contribution in [1.82, 2.24) is 25.1 Å². The molecule has 0 spiro atoms. The van der Waals surface area contributed by atoms with Crippen LogP contribution >= 0.6 is 11.8 Å². The maximum atomic E-state index is 12.6. The first-order valence-electron chi connectivity index (χ1n) is 9.00. The van der Waals surface area contributed by atoms with E-state index < -0.39 is 12.1 Å². The van der Waals surface area contributed by atoms with Crippen LogP contribution in [0.2, 0.25) is 0 Å². The summed E-state index contributed by atoms with van der Waals surface area (Å²) in [6.07, 6.45) is 0.712. The van der Waals surface area contributed by atoms with Crippen molar-refractivity contribution < 1.29 is 17.7 Å². The van der Waals surface area contributed by atoms with Gasteiger partial charge in [0.1, 0.15) is 0 Å². The molecule has 4 rings (SSSR count). The van der Waals surface area contributed by atoms with E-state index in [2.05, 4.69) is 34.9 Å². The van der Waals surface area contributed by atoms with Gasteiger partial charge in [0, 0.05) is 30.1 Å². The van der Waals surface area contributed by atoms with Crippen molar-refractivity contribution in [1.29, 1.82) is 0 Å². The van der Waals surface area contributed by atoms with Crippen molar-refractivity contribution in [2.24, 2.45) is 0 Å². The fourth-order valence-electron chi connectivity index (χ4n) is 2.67. The Morgan fingerprint density at radius 2 is 1.74 bits per heavy atom. The van der Waals surface area contributed by atoms with E-state index in [1.165, 1.54) is 0 Å². The number of aromatic nitrogens is 5. The van der Waals surface area contributed by atoms with Gasteiger partial charge in [-0.25, -0.2) is 15.0 Å². The lowest BCUT2D eigenvalue weighted by Gasteiger charge is -2.07. The average Bonchev–Trinajstić information content (AvgIpc) is 3.29. The van der Waals surface area contributed by atoms with Crippen molar-refractivity contribution in [3.63, 3.8) is 0 Å². The maximum absolute atomic E-state index is 12.6. The van der Waals surface area contributed by atoms with E-state index in [0.29, 0.717) is 18.1 Å². The first kappa shape index (κ1) is 20.8. The molecule has 0 saturated heterocycles. The van der Waals surface area contributed by atoms with Crippen molar-refractivity contribution >= 4 is 17.7 Å². The summed E-state index contributed by atoms with van der Waals surface area (Å²) in [6, 6.07) is 12.4. The summed E-state index contributed by atoms with van der Waals surface area (Å²) in [5.41, 5.74) is 2.92. The van der Waals surface area contributed by atoms with Crippen LogP contribution < -0.4 is 5.32 Å². The van der Waals surface area contributed by atoms with Gasteiger partial charge >= 0.3 is 12.1 Å². The van der Waals surface area contributed by atoms with Gasteiger partial charge in [-0.15, -0.1) is 11.8 Å². The molecule has 0 aliphatic rings. The van der Waals surface area contributed by atoms with Crippen molar-refractivity contribution in [3.05, 3.63) is 66.3 Å². The van der Waals surface area contributed by atoms with Gasteiger partial charge in [0.15, 0.2) is 0 Å². The number of alkyl halides is 3. The first-order valence-corrected chi connectivity index (χ1v) is 10.2. The predicted molar refractivity (Wildman–Crippen MR) is 109 cm³/mol. The minimum Gasteiger partial charge on any atom is -0.350 e. The number of pyridine rings is 1. The molecule has 3 aromatic heterocycles. The van der Waals surface area contributed by atoms with Gasteiger partial charge in [0.05, 0.1) is 10.7 Å². The molecule has 0 unspecified atom stereocenters. The number of nitrogens with one attached hydrogen (secondary N) is 1. The largest absolute Gasteiger partial charge is 0.471 e. The van der Waals surface area contributed by atoms with E-state index in [0.717, 1.165) is 21.8 Å². The monoisotopic (exact) mass is 444 g/mol. The van der Waals surface area contributed by atoms with Crippen LogP contribution in [0.5, 0.6) is 0 Å². The zero-order chi connectivity index (χ0) is 21.8. The van der Waals surface area contributed by atoms with Crippen LogP contribution in [0.15, 0.2) is 64.4 Å². The van der Waals surface area contributed by atoms with Crippen molar-refractivity contribution in [2.45, 2.75) is 17.7 Å². The normalized spacial score (nSPS) is 11.5. The predicted octanol–water partition coefficient (Wildman–Crippen LogP) is 4.94. The molecule has 0 aliphatic carbocycles. The zero-order valence-corrected chi connectivity index (χ0v) is 16.9. The van der Waals surface area contributed by atoms with Crippen molar-refractivity contribution in [3.8, 4) is 22.6 Å². The number of nitrogens with zero attached hydrogens (tertiary/aromatic N) is 5. The molecular formula is C20H15F3N6OS. The fourth-order valence-corrected chi connectivity index (χ4v) is 3.03. The van der Waals surface area contributed by atoms with Crippen LogP contribution in [0.25, 0.3) is 22.6 Å². The summed E-state index contributed by atoms with van der Waals surface area (Å²) in [7, 11) is 0. The van der Waals surface area contributed by atoms with Gasteiger partial charge in [0.2, 0.25) is 11.8 Å². The molecule has 158 valence electrons. The number of thioether (sulfide) groups is 1. The van der Waals surface area contributed by atoms with Gasteiger partial charge < -0.3 is 9.84 Å². The first-order chi connectivity index (χ1) is 14.9.